The van der Waals surface area contributed by atoms with Gasteiger partial charge in [0, 0.05) is 34.1 Å². The van der Waals surface area contributed by atoms with Crippen molar-refractivity contribution in [2.24, 2.45) is 5.73 Å². The number of aromatic nitrogens is 4. The van der Waals surface area contributed by atoms with Crippen molar-refractivity contribution in [3.05, 3.63) is 64.7 Å². The number of amides is 1. The second-order valence-electron chi connectivity index (χ2n) is 6.60. The molecule has 0 bridgehead atoms. The molecule has 0 aliphatic carbocycles. The molecular formula is C20H13F2N5O2S. The normalized spacial score (nSPS) is 12.6. The van der Waals surface area contributed by atoms with Crippen molar-refractivity contribution < 1.29 is 18.3 Å². The lowest BCUT2D eigenvalue weighted by Crippen LogP contribution is -2.11. The summed E-state index contributed by atoms with van der Waals surface area (Å²) in [4.78, 5) is 17.1. The number of carbonyl (C=O) groups excluding carboxylic acids is 1. The number of primary amides is 1. The molecule has 0 saturated heterocycles. The van der Waals surface area contributed by atoms with E-state index in [1.54, 1.807) is 18.2 Å². The third kappa shape index (κ3) is 3.01. The van der Waals surface area contributed by atoms with Crippen LogP contribution in [-0.4, -0.2) is 32.5 Å². The summed E-state index contributed by atoms with van der Waals surface area (Å²) in [7, 11) is 0. The molecule has 0 fully saturated rings. The Morgan fingerprint density at radius 2 is 2.00 bits per heavy atom. The summed E-state index contributed by atoms with van der Waals surface area (Å²) in [6.45, 7) is 0.403. The third-order valence-electron chi connectivity index (χ3n) is 4.73. The van der Waals surface area contributed by atoms with Crippen LogP contribution in [0.1, 0.15) is 15.2 Å². The monoisotopic (exact) mass is 425 g/mol. The van der Waals surface area contributed by atoms with Crippen LogP contribution in [0.15, 0.2) is 42.6 Å². The zero-order valence-corrected chi connectivity index (χ0v) is 16.1. The van der Waals surface area contributed by atoms with Gasteiger partial charge in [-0.2, -0.15) is 4.68 Å². The highest BCUT2D eigenvalue weighted by atomic mass is 32.1. The van der Waals surface area contributed by atoms with Gasteiger partial charge in [0.2, 0.25) is 11.0 Å². The van der Waals surface area contributed by atoms with Crippen LogP contribution in [0.5, 0.6) is 5.75 Å². The SMILES string of the molecule is NC(=O)c1ccc2c(c1)OCCc1sc(-n3nncc3-c3ccc(F)cc3F)nc1-2. The van der Waals surface area contributed by atoms with Crippen molar-refractivity contribution in [2.75, 3.05) is 6.61 Å². The van der Waals surface area contributed by atoms with Crippen LogP contribution >= 0.6 is 11.3 Å². The fourth-order valence-corrected chi connectivity index (χ4v) is 4.33. The predicted molar refractivity (Wildman–Crippen MR) is 106 cm³/mol. The van der Waals surface area contributed by atoms with E-state index in [1.807, 2.05) is 0 Å². The Bertz CT molecular complexity index is 1300. The van der Waals surface area contributed by atoms with Crippen LogP contribution in [0, 0.1) is 11.6 Å². The number of benzene rings is 2. The van der Waals surface area contributed by atoms with E-state index in [9.17, 15) is 13.6 Å². The predicted octanol–water partition coefficient (Wildman–Crippen LogP) is 3.37. The van der Waals surface area contributed by atoms with Gasteiger partial charge < -0.3 is 10.5 Å². The number of halogens is 2. The summed E-state index contributed by atoms with van der Waals surface area (Å²) in [5.74, 6) is -1.40. The van der Waals surface area contributed by atoms with Crippen LogP contribution in [0.4, 0.5) is 8.78 Å². The molecule has 7 nitrogen and oxygen atoms in total. The minimum Gasteiger partial charge on any atom is -0.492 e. The number of thiazole rings is 1. The first-order valence-corrected chi connectivity index (χ1v) is 9.76. The molecule has 1 amide bonds. The van der Waals surface area contributed by atoms with Crippen LogP contribution < -0.4 is 10.5 Å². The standard InChI is InChI=1S/C20H13F2N5O2S/c21-11-2-4-12(14(22)8-11)15-9-24-26-27(15)20-25-18-13-3-1-10(19(23)28)7-16(13)29-6-5-17(18)30-20/h1-4,7-9H,5-6H2,(H2,23,28). The first-order valence-electron chi connectivity index (χ1n) is 8.94. The average Bonchev–Trinajstić information content (AvgIpc) is 3.32. The smallest absolute Gasteiger partial charge is 0.248 e. The van der Waals surface area contributed by atoms with Gasteiger partial charge in [-0.25, -0.2) is 13.8 Å². The Morgan fingerprint density at radius 3 is 2.80 bits per heavy atom. The van der Waals surface area contributed by atoms with Crippen LogP contribution in [0.25, 0.3) is 27.6 Å². The maximum Gasteiger partial charge on any atom is 0.248 e. The highest BCUT2D eigenvalue weighted by molar-refractivity contribution is 7.14. The van der Waals surface area contributed by atoms with E-state index in [4.69, 9.17) is 10.5 Å². The van der Waals surface area contributed by atoms with Crippen molar-refractivity contribution in [2.45, 2.75) is 6.42 Å². The number of ether oxygens (including phenoxy) is 1. The number of rotatable bonds is 3. The number of hydrogen-bond acceptors (Lipinski definition) is 6. The number of nitrogens with two attached hydrogens (primary N) is 1. The summed E-state index contributed by atoms with van der Waals surface area (Å²) in [5, 5.41) is 8.42. The maximum atomic E-state index is 14.3. The van der Waals surface area contributed by atoms with Gasteiger partial charge in [-0.15, -0.1) is 5.10 Å². The summed E-state index contributed by atoms with van der Waals surface area (Å²) in [6.07, 6.45) is 2.00. The van der Waals surface area contributed by atoms with E-state index >= 15 is 0 Å². The first-order chi connectivity index (χ1) is 14.5. The van der Waals surface area contributed by atoms with Gasteiger partial charge in [0.25, 0.3) is 0 Å². The van der Waals surface area contributed by atoms with Crippen molar-refractivity contribution in [1.82, 2.24) is 20.0 Å². The molecule has 2 aromatic heterocycles. The maximum absolute atomic E-state index is 14.3. The molecule has 150 valence electrons. The van der Waals surface area contributed by atoms with Crippen molar-refractivity contribution >= 4 is 17.2 Å². The molecular weight excluding hydrogens is 412 g/mol. The molecule has 30 heavy (non-hydrogen) atoms. The molecule has 3 heterocycles. The average molecular weight is 425 g/mol. The Hall–Kier alpha value is -3.66. The molecule has 0 radical (unpaired) electrons. The Labute approximate surface area is 172 Å². The van der Waals surface area contributed by atoms with Gasteiger partial charge >= 0.3 is 0 Å². The molecule has 0 unspecified atom stereocenters. The Kier molecular flexibility index (Phi) is 4.28. The molecule has 0 atom stereocenters. The first kappa shape index (κ1) is 18.4. The molecule has 1 aliphatic rings. The van der Waals surface area contributed by atoms with Crippen molar-refractivity contribution in [3.63, 3.8) is 0 Å². The summed E-state index contributed by atoms with van der Waals surface area (Å²) >= 11 is 1.38. The zero-order chi connectivity index (χ0) is 20.8. The highest BCUT2D eigenvalue weighted by Crippen LogP contribution is 2.39. The molecule has 0 spiro atoms. The molecule has 0 saturated carbocycles. The van der Waals surface area contributed by atoms with E-state index in [2.05, 4.69) is 15.3 Å². The van der Waals surface area contributed by atoms with Gasteiger partial charge in [-0.1, -0.05) is 16.6 Å². The lowest BCUT2D eigenvalue weighted by Gasteiger charge is -2.08. The minimum atomic E-state index is -0.714. The van der Waals surface area contributed by atoms with E-state index in [0.717, 1.165) is 16.5 Å². The lowest BCUT2D eigenvalue weighted by atomic mass is 10.1. The second kappa shape index (κ2) is 6.99. The van der Waals surface area contributed by atoms with Crippen LogP contribution in [-0.2, 0) is 6.42 Å². The summed E-state index contributed by atoms with van der Waals surface area (Å²) in [5.41, 5.74) is 7.65. The largest absolute Gasteiger partial charge is 0.492 e. The molecule has 5 rings (SSSR count). The van der Waals surface area contributed by atoms with E-state index < -0.39 is 17.5 Å². The van der Waals surface area contributed by atoms with Crippen molar-refractivity contribution in [3.8, 4) is 33.4 Å². The number of nitrogens with zero attached hydrogens (tertiary/aromatic N) is 4. The fraction of sp³-hybridized carbons (Fsp3) is 0.100. The zero-order valence-electron chi connectivity index (χ0n) is 15.3. The molecule has 1 aliphatic heterocycles. The van der Waals surface area contributed by atoms with E-state index in [1.165, 1.54) is 34.3 Å². The molecule has 2 aromatic carbocycles. The van der Waals surface area contributed by atoms with E-state index in [0.29, 0.717) is 40.9 Å². The molecule has 4 aromatic rings. The van der Waals surface area contributed by atoms with Crippen LogP contribution in [0.2, 0.25) is 0 Å². The molecule has 2 N–H and O–H groups in total. The quantitative estimate of drug-likeness (QED) is 0.543. The fourth-order valence-electron chi connectivity index (χ4n) is 3.31. The van der Waals surface area contributed by atoms with Gasteiger partial charge in [-0.05, 0) is 30.3 Å². The Balaban J connectivity index is 1.62. The third-order valence-corrected chi connectivity index (χ3v) is 5.82. The van der Waals surface area contributed by atoms with Gasteiger partial charge in [-0.3, -0.25) is 4.79 Å². The highest BCUT2D eigenvalue weighted by Gasteiger charge is 2.24. The summed E-state index contributed by atoms with van der Waals surface area (Å²) in [6, 6.07) is 8.29. The van der Waals surface area contributed by atoms with Gasteiger partial charge in [0.1, 0.15) is 17.4 Å². The van der Waals surface area contributed by atoms with Crippen LogP contribution in [0.3, 0.4) is 0 Å². The minimum absolute atomic E-state index is 0.168. The lowest BCUT2D eigenvalue weighted by molar-refractivity contribution is 0.1000. The second-order valence-corrected chi connectivity index (χ2v) is 7.66. The van der Waals surface area contributed by atoms with Crippen molar-refractivity contribution in [1.29, 1.82) is 0 Å². The topological polar surface area (TPSA) is 95.9 Å². The number of hydrogen-bond donors (Lipinski definition) is 1. The number of fused-ring (bicyclic) bond motifs is 3. The van der Waals surface area contributed by atoms with Gasteiger partial charge in [0.05, 0.1) is 24.2 Å². The Morgan fingerprint density at radius 1 is 1.17 bits per heavy atom. The van der Waals surface area contributed by atoms with Gasteiger partial charge in [0.15, 0.2) is 0 Å². The molecule has 10 heteroatoms. The van der Waals surface area contributed by atoms with E-state index in [-0.39, 0.29) is 5.56 Å². The summed E-state index contributed by atoms with van der Waals surface area (Å²) < 4.78 is 34.8. The number of carbonyl (C=O) groups is 1.